The maximum Gasteiger partial charge on any atom is 0.126 e. The minimum absolute atomic E-state index is 0.396. The van der Waals surface area contributed by atoms with Gasteiger partial charge in [0.2, 0.25) is 0 Å². The molecule has 0 heterocycles. The normalized spacial score (nSPS) is 13.0. The first-order valence-electron chi connectivity index (χ1n) is 11.2. The molecule has 1 atom stereocenters. The Hall–Kier alpha value is -0.900. The number of nitrogens with zero attached hydrogens (tertiary/aromatic N) is 1. The van der Waals surface area contributed by atoms with Crippen molar-refractivity contribution in [1.82, 2.24) is 0 Å². The third-order valence-corrected chi connectivity index (χ3v) is 5.24. The van der Waals surface area contributed by atoms with Crippen molar-refractivity contribution in [2.24, 2.45) is 0 Å². The van der Waals surface area contributed by atoms with Gasteiger partial charge in [-0.15, -0.1) is 0 Å². The quantitative estimate of drug-likeness (QED) is 0.284. The number of likely N-dealkylation sites (N-methyl/N-ethyl adjacent to an activating group) is 1. The minimum Gasteiger partial charge on any atom is -0.385 e. The average molecular weight is 379 g/mol. The second-order valence-electron chi connectivity index (χ2n) is 8.68. The van der Waals surface area contributed by atoms with Gasteiger partial charge in [-0.1, -0.05) is 88.6 Å². The van der Waals surface area contributed by atoms with Crippen LogP contribution in [0.2, 0.25) is 0 Å². The Bertz CT molecular complexity index is 447. The molecular weight excluding hydrogens is 334 g/mol. The highest BCUT2D eigenvalue weighted by Gasteiger charge is 2.20. The van der Waals surface area contributed by atoms with E-state index >= 15 is 0 Å². The van der Waals surface area contributed by atoms with Gasteiger partial charge in [0.05, 0.1) is 33.9 Å². The van der Waals surface area contributed by atoms with Gasteiger partial charge in [0.15, 0.2) is 0 Å². The van der Waals surface area contributed by atoms with Gasteiger partial charge >= 0.3 is 0 Å². The van der Waals surface area contributed by atoms with Gasteiger partial charge in [-0.2, -0.15) is 0 Å². The van der Waals surface area contributed by atoms with Crippen molar-refractivity contribution in [2.45, 2.75) is 83.8 Å². The topological polar surface area (TPSA) is 29.5 Å². The maximum atomic E-state index is 10.3. The number of unbranched alkanes of at least 4 members (excludes halogenated alkanes) is 9. The summed E-state index contributed by atoms with van der Waals surface area (Å²) in [5.41, 5.74) is 1.16. The fourth-order valence-electron chi connectivity index (χ4n) is 3.63. The van der Waals surface area contributed by atoms with Crippen LogP contribution < -0.4 is 0 Å². The first kappa shape index (κ1) is 24.1. The second kappa shape index (κ2) is 15.1. The first-order valence-corrected chi connectivity index (χ1v) is 11.2. The monoisotopic (exact) mass is 378 g/mol. The highest BCUT2D eigenvalue weighted by Crippen LogP contribution is 2.12. The van der Waals surface area contributed by atoms with Crippen LogP contribution in [0, 0.1) is 0 Å². The third kappa shape index (κ3) is 13.8. The molecule has 0 amide bonds. The Balaban J connectivity index is 2.00. The summed E-state index contributed by atoms with van der Waals surface area (Å²) in [7, 11) is 4.43. The predicted molar refractivity (Wildman–Crippen MR) is 116 cm³/mol. The van der Waals surface area contributed by atoms with Crippen LogP contribution in [0.4, 0.5) is 0 Å². The van der Waals surface area contributed by atoms with Crippen LogP contribution in [0.1, 0.15) is 76.7 Å². The summed E-state index contributed by atoms with van der Waals surface area (Å²) in [5.74, 6) is 0. The van der Waals surface area contributed by atoms with Crippen molar-refractivity contribution in [3.05, 3.63) is 35.9 Å². The van der Waals surface area contributed by atoms with Crippen LogP contribution in [-0.2, 0) is 11.3 Å². The number of ether oxygens (including phenoxy) is 1. The summed E-state index contributed by atoms with van der Waals surface area (Å²) < 4.78 is 6.54. The van der Waals surface area contributed by atoms with Crippen molar-refractivity contribution in [1.29, 1.82) is 0 Å². The molecule has 3 nitrogen and oxygen atoms in total. The van der Waals surface area contributed by atoms with Gasteiger partial charge < -0.3 is 14.3 Å². The van der Waals surface area contributed by atoms with E-state index in [0.29, 0.717) is 13.2 Å². The minimum atomic E-state index is -0.396. The molecule has 1 aromatic rings. The van der Waals surface area contributed by atoms with Gasteiger partial charge in [-0.25, -0.2) is 0 Å². The summed E-state index contributed by atoms with van der Waals surface area (Å²) in [6.07, 6.45) is 13.3. The highest BCUT2D eigenvalue weighted by molar-refractivity contribution is 5.13. The van der Waals surface area contributed by atoms with Crippen LogP contribution in [-0.4, -0.2) is 49.5 Å². The number of aliphatic hydroxyl groups is 1. The SMILES string of the molecule is CCCCCCCCCCCC[N+](C)(C)CC(O)COCc1ccccc1. The van der Waals surface area contributed by atoms with Crippen LogP contribution in [0.5, 0.6) is 0 Å². The highest BCUT2D eigenvalue weighted by atomic mass is 16.5. The van der Waals surface area contributed by atoms with E-state index in [9.17, 15) is 5.11 Å². The summed E-state index contributed by atoms with van der Waals surface area (Å²) in [6, 6.07) is 10.1. The molecule has 1 rings (SSSR count). The number of rotatable bonds is 17. The van der Waals surface area contributed by atoms with E-state index in [-0.39, 0.29) is 0 Å². The standard InChI is InChI=1S/C24H44NO2/c1-4-5-6-7-8-9-10-11-12-16-19-25(2,3)20-24(26)22-27-21-23-17-14-13-15-18-23/h13-15,17-18,24,26H,4-12,16,19-22H2,1-3H3/q+1. The number of hydrogen-bond donors (Lipinski definition) is 1. The molecule has 1 aromatic carbocycles. The van der Waals surface area contributed by atoms with Crippen molar-refractivity contribution in [3.63, 3.8) is 0 Å². The lowest BCUT2D eigenvalue weighted by molar-refractivity contribution is -0.893. The van der Waals surface area contributed by atoms with Crippen molar-refractivity contribution in [3.8, 4) is 0 Å². The van der Waals surface area contributed by atoms with E-state index in [1.165, 1.54) is 64.2 Å². The second-order valence-corrected chi connectivity index (χ2v) is 8.68. The molecule has 0 saturated carbocycles. The average Bonchev–Trinajstić information content (AvgIpc) is 2.63. The van der Waals surface area contributed by atoms with Crippen molar-refractivity contribution >= 4 is 0 Å². The lowest BCUT2D eigenvalue weighted by Crippen LogP contribution is -2.47. The fraction of sp³-hybridized carbons (Fsp3) is 0.750. The molecule has 0 bridgehead atoms. The van der Waals surface area contributed by atoms with E-state index in [0.717, 1.165) is 23.1 Å². The molecule has 0 fully saturated rings. The van der Waals surface area contributed by atoms with Gasteiger partial charge in [0.1, 0.15) is 12.6 Å². The number of benzene rings is 1. The molecule has 0 radical (unpaired) electrons. The first-order chi connectivity index (χ1) is 13.0. The Morgan fingerprint density at radius 2 is 1.41 bits per heavy atom. The van der Waals surface area contributed by atoms with E-state index in [2.05, 4.69) is 33.2 Å². The third-order valence-electron chi connectivity index (χ3n) is 5.24. The summed E-state index contributed by atoms with van der Waals surface area (Å²) in [4.78, 5) is 0. The molecule has 3 heteroatoms. The molecule has 0 aliphatic carbocycles. The van der Waals surface area contributed by atoms with Crippen molar-refractivity contribution in [2.75, 3.05) is 33.8 Å². The summed E-state index contributed by atoms with van der Waals surface area (Å²) in [5, 5.41) is 10.3. The Morgan fingerprint density at radius 3 is 2.00 bits per heavy atom. The Morgan fingerprint density at radius 1 is 0.852 bits per heavy atom. The zero-order valence-corrected chi connectivity index (χ0v) is 18.2. The van der Waals surface area contributed by atoms with Gasteiger partial charge in [0.25, 0.3) is 0 Å². The molecule has 27 heavy (non-hydrogen) atoms. The van der Waals surface area contributed by atoms with E-state index in [1.54, 1.807) is 0 Å². The molecular formula is C24H44NO2+. The largest absolute Gasteiger partial charge is 0.385 e. The van der Waals surface area contributed by atoms with E-state index in [1.807, 2.05) is 18.2 Å². The smallest absolute Gasteiger partial charge is 0.126 e. The summed E-state index contributed by atoms with van der Waals surface area (Å²) in [6.45, 7) is 5.15. The van der Waals surface area contributed by atoms with Gasteiger partial charge in [0, 0.05) is 0 Å². The van der Waals surface area contributed by atoms with Crippen LogP contribution in [0.25, 0.3) is 0 Å². The number of hydrogen-bond acceptors (Lipinski definition) is 2. The molecule has 0 aromatic heterocycles. The molecule has 1 N–H and O–H groups in total. The molecule has 1 unspecified atom stereocenters. The molecule has 0 spiro atoms. The Kier molecular flexibility index (Phi) is 13.5. The lowest BCUT2D eigenvalue weighted by Gasteiger charge is -2.32. The van der Waals surface area contributed by atoms with E-state index in [4.69, 9.17) is 4.74 Å². The van der Waals surface area contributed by atoms with Crippen molar-refractivity contribution < 1.29 is 14.3 Å². The van der Waals surface area contributed by atoms with Crippen LogP contribution in [0.15, 0.2) is 30.3 Å². The molecule has 0 saturated heterocycles. The van der Waals surface area contributed by atoms with Crippen LogP contribution >= 0.6 is 0 Å². The lowest BCUT2D eigenvalue weighted by atomic mass is 10.1. The fourth-order valence-corrected chi connectivity index (χ4v) is 3.63. The molecule has 0 aliphatic heterocycles. The number of aliphatic hydroxyl groups excluding tert-OH is 1. The predicted octanol–water partition coefficient (Wildman–Crippen LogP) is 5.56. The van der Waals surface area contributed by atoms with Crippen LogP contribution in [0.3, 0.4) is 0 Å². The maximum absolute atomic E-state index is 10.3. The molecule has 0 aliphatic rings. The van der Waals surface area contributed by atoms with Gasteiger partial charge in [-0.05, 0) is 18.4 Å². The van der Waals surface area contributed by atoms with E-state index < -0.39 is 6.10 Å². The van der Waals surface area contributed by atoms with Gasteiger partial charge in [-0.3, -0.25) is 0 Å². The summed E-state index contributed by atoms with van der Waals surface area (Å²) >= 11 is 0. The molecule has 156 valence electrons. The number of quaternary nitrogens is 1. The Labute approximate surface area is 168 Å². The zero-order chi connectivity index (χ0) is 19.8. The zero-order valence-electron chi connectivity index (χ0n) is 18.2.